The second kappa shape index (κ2) is 11.5. The Kier molecular flexibility index (Phi) is 6.40. The van der Waals surface area contributed by atoms with E-state index in [-0.39, 0.29) is 0 Å². The van der Waals surface area contributed by atoms with E-state index in [2.05, 4.69) is 154 Å². The summed E-state index contributed by atoms with van der Waals surface area (Å²) in [5, 5.41) is 9.75. The van der Waals surface area contributed by atoms with Crippen LogP contribution in [-0.2, 0) is 9.84 Å². The third-order valence-electron chi connectivity index (χ3n) is 12.3. The third-order valence-corrected chi connectivity index (χ3v) is 15.1. The monoisotopic (exact) mass is 778 g/mol. The molecule has 0 unspecified atom stereocenters. The fourth-order valence-corrected chi connectivity index (χ4v) is 12.2. The van der Waals surface area contributed by atoms with Crippen LogP contribution in [0, 0.1) is 0 Å². The van der Waals surface area contributed by atoms with Gasteiger partial charge in [0.1, 0.15) is 4.83 Å². The molecule has 58 heavy (non-hydrogen) atoms. The quantitative estimate of drug-likeness (QED) is 0.179. The van der Waals surface area contributed by atoms with E-state index in [1.165, 1.54) is 64.8 Å². The van der Waals surface area contributed by atoms with Crippen LogP contribution in [0.3, 0.4) is 0 Å². The highest BCUT2D eigenvalue weighted by Crippen LogP contribution is 2.47. The third kappa shape index (κ3) is 4.30. The van der Waals surface area contributed by atoms with Gasteiger partial charge in [-0.25, -0.2) is 8.42 Å². The molecule has 8 aromatic carbocycles. The first kappa shape index (κ1) is 32.1. The number of rotatable bonds is 4. The maximum atomic E-state index is 13.8. The molecule has 0 bridgehead atoms. The number of sulfone groups is 1. The van der Waals surface area contributed by atoms with Crippen LogP contribution >= 0.6 is 11.3 Å². The van der Waals surface area contributed by atoms with Gasteiger partial charge in [-0.15, -0.1) is 11.3 Å². The molecule has 0 fully saturated rings. The van der Waals surface area contributed by atoms with E-state index < -0.39 is 9.84 Å². The fourth-order valence-electron chi connectivity index (χ4n) is 9.65. The Morgan fingerprint density at radius 1 is 0.397 bits per heavy atom. The Balaban J connectivity index is 0.865. The highest BCUT2D eigenvalue weighted by Gasteiger charge is 2.33. The number of thiophene rings is 1. The van der Waals surface area contributed by atoms with Crippen molar-refractivity contribution < 1.29 is 8.42 Å². The van der Waals surface area contributed by atoms with Crippen LogP contribution in [0.4, 0.5) is 0 Å². The molecule has 4 aromatic heterocycles. The number of nitrogens with zero attached hydrogens (tertiary/aromatic N) is 2. The van der Waals surface area contributed by atoms with E-state index in [0.29, 0.717) is 9.79 Å². The van der Waals surface area contributed by atoms with E-state index in [9.17, 15) is 8.42 Å². The average molecular weight is 779 g/mol. The lowest BCUT2D eigenvalue weighted by molar-refractivity contribution is 0.598. The smallest absolute Gasteiger partial charge is 0.207 e. The highest BCUT2D eigenvalue weighted by atomic mass is 32.2. The van der Waals surface area contributed by atoms with Crippen molar-refractivity contribution in [3.63, 3.8) is 0 Å². The summed E-state index contributed by atoms with van der Waals surface area (Å²) in [5.41, 5.74) is 13.8. The molecule has 1 aliphatic heterocycles. The normalized spacial score (nSPS) is 13.4. The summed E-state index contributed by atoms with van der Waals surface area (Å²) in [6.07, 6.45) is 0. The predicted molar refractivity (Wildman–Crippen MR) is 241 cm³/mol. The van der Waals surface area contributed by atoms with Gasteiger partial charge in [-0.3, -0.25) is 4.40 Å². The van der Waals surface area contributed by atoms with E-state index in [4.69, 9.17) is 0 Å². The number of aromatic nitrogens is 2. The molecular formula is C52H30N2O2S2. The minimum atomic E-state index is -3.64. The molecule has 0 saturated heterocycles. The zero-order chi connectivity index (χ0) is 38.3. The van der Waals surface area contributed by atoms with Gasteiger partial charge in [-0.2, -0.15) is 0 Å². The number of benzene rings is 8. The first-order valence-electron chi connectivity index (χ1n) is 19.4. The molecule has 4 nitrogen and oxygen atoms in total. The van der Waals surface area contributed by atoms with Crippen molar-refractivity contribution in [1.29, 1.82) is 0 Å². The summed E-state index contributed by atoms with van der Waals surface area (Å²) in [6.45, 7) is 0. The number of para-hydroxylation sites is 3. The van der Waals surface area contributed by atoms with Crippen molar-refractivity contribution in [2.75, 3.05) is 0 Å². The van der Waals surface area contributed by atoms with Crippen molar-refractivity contribution in [3.8, 4) is 50.2 Å². The molecule has 12 aromatic rings. The molecular weight excluding hydrogens is 749 g/mol. The number of hydrogen-bond donors (Lipinski definition) is 0. The van der Waals surface area contributed by atoms with Crippen LogP contribution in [0.5, 0.6) is 0 Å². The minimum absolute atomic E-state index is 0.361. The minimum Gasteiger partial charge on any atom is -0.309 e. The molecule has 0 aliphatic carbocycles. The lowest BCUT2D eigenvalue weighted by Crippen LogP contribution is -1.96. The lowest BCUT2D eigenvalue weighted by atomic mass is 9.95. The number of fused-ring (bicyclic) bond motifs is 12. The zero-order valence-corrected chi connectivity index (χ0v) is 32.5. The molecule has 0 atom stereocenters. The Labute approximate surface area is 337 Å². The van der Waals surface area contributed by atoms with Gasteiger partial charge in [-0.1, -0.05) is 103 Å². The van der Waals surface area contributed by atoms with Gasteiger partial charge in [0.15, 0.2) is 0 Å². The predicted octanol–water partition coefficient (Wildman–Crippen LogP) is 13.8. The van der Waals surface area contributed by atoms with Gasteiger partial charge in [-0.05, 0) is 112 Å². The van der Waals surface area contributed by atoms with Crippen molar-refractivity contribution in [1.82, 2.24) is 8.97 Å². The first-order chi connectivity index (χ1) is 28.5. The number of hydrogen-bond acceptors (Lipinski definition) is 3. The van der Waals surface area contributed by atoms with Gasteiger partial charge in [0.2, 0.25) is 9.84 Å². The Bertz CT molecular complexity index is 3740. The molecule has 0 N–H and O–H groups in total. The van der Waals surface area contributed by atoms with Crippen LogP contribution in [0.25, 0.3) is 109 Å². The summed E-state index contributed by atoms with van der Waals surface area (Å²) in [6, 6.07) is 61.3. The Morgan fingerprint density at radius 3 is 1.45 bits per heavy atom. The van der Waals surface area contributed by atoms with Gasteiger partial charge in [0.05, 0.1) is 31.9 Å². The van der Waals surface area contributed by atoms with E-state index in [1.807, 2.05) is 24.3 Å². The summed E-state index contributed by atoms with van der Waals surface area (Å²) in [4.78, 5) is 2.01. The molecule has 1 aliphatic rings. The van der Waals surface area contributed by atoms with E-state index >= 15 is 0 Å². The Morgan fingerprint density at radius 2 is 0.862 bits per heavy atom. The largest absolute Gasteiger partial charge is 0.309 e. The fraction of sp³-hybridized carbons (Fsp3) is 0. The van der Waals surface area contributed by atoms with Gasteiger partial charge in [0, 0.05) is 49.1 Å². The van der Waals surface area contributed by atoms with E-state index in [0.717, 1.165) is 44.6 Å². The van der Waals surface area contributed by atoms with Crippen molar-refractivity contribution in [3.05, 3.63) is 181 Å². The average Bonchev–Trinajstić information content (AvgIpc) is 4.07. The van der Waals surface area contributed by atoms with Crippen molar-refractivity contribution >= 4 is 80.4 Å². The van der Waals surface area contributed by atoms with Gasteiger partial charge < -0.3 is 4.57 Å². The molecule has 0 radical (unpaired) electrons. The molecule has 13 rings (SSSR count). The maximum absolute atomic E-state index is 13.8. The van der Waals surface area contributed by atoms with Crippen LogP contribution in [0.1, 0.15) is 0 Å². The summed E-state index contributed by atoms with van der Waals surface area (Å²) in [7, 11) is -3.64. The van der Waals surface area contributed by atoms with Crippen molar-refractivity contribution in [2.24, 2.45) is 0 Å². The van der Waals surface area contributed by atoms with E-state index in [1.54, 1.807) is 23.5 Å². The van der Waals surface area contributed by atoms with Crippen LogP contribution in [-0.4, -0.2) is 17.4 Å². The van der Waals surface area contributed by atoms with Gasteiger partial charge >= 0.3 is 0 Å². The first-order valence-corrected chi connectivity index (χ1v) is 21.8. The second-order valence-corrected chi connectivity index (χ2v) is 18.1. The molecule has 6 heteroatoms. The highest BCUT2D eigenvalue weighted by molar-refractivity contribution is 7.92. The second-order valence-electron chi connectivity index (χ2n) is 15.3. The Hall–Kier alpha value is -6.99. The summed E-state index contributed by atoms with van der Waals surface area (Å²) in [5.74, 6) is 0. The topological polar surface area (TPSA) is 43.5 Å². The van der Waals surface area contributed by atoms with Crippen LogP contribution in [0.2, 0.25) is 0 Å². The molecule has 0 spiro atoms. The standard InChI is InChI=1S/C52H30N2O2S2/c55-58(56)49-23-19-34(31-13-15-33(16-14-31)36-29-44-40-9-3-6-12-48(40)54-51(44)45(30-36)41-25-26-57-52(41)54)27-42(49)43-28-35(20-24-50(43)58)32-17-21-37(22-18-32)53-46-10-4-1-7-38(46)39-8-2-5-11-47(39)53/h1-30H. The van der Waals surface area contributed by atoms with Gasteiger partial charge in [0.25, 0.3) is 0 Å². The van der Waals surface area contributed by atoms with Crippen molar-refractivity contribution in [2.45, 2.75) is 9.79 Å². The lowest BCUT2D eigenvalue weighted by Gasteiger charge is -2.10. The SMILES string of the molecule is O=S1(=O)c2ccc(-c3ccc(-c4cc5c6ccccc6n6c7sccc7c(c4)c56)cc3)cc2-c2cc(-c3ccc(-n4c5ccccc5c5ccccc54)cc3)ccc21. The van der Waals surface area contributed by atoms with Crippen LogP contribution in [0.15, 0.2) is 191 Å². The van der Waals surface area contributed by atoms with Crippen LogP contribution < -0.4 is 0 Å². The molecule has 5 heterocycles. The summed E-state index contributed by atoms with van der Waals surface area (Å²) < 4.78 is 32.4. The molecule has 272 valence electrons. The molecule has 0 saturated carbocycles. The molecule has 0 amide bonds. The summed E-state index contributed by atoms with van der Waals surface area (Å²) >= 11 is 1.79. The zero-order valence-electron chi connectivity index (χ0n) is 30.8. The maximum Gasteiger partial charge on any atom is 0.207 e.